The molecule has 1 rings (SSSR count). The minimum absolute atomic E-state index is 0.0477. The summed E-state index contributed by atoms with van der Waals surface area (Å²) < 4.78 is 43.8. The molecule has 0 aliphatic rings. The first-order chi connectivity index (χ1) is 8.84. The van der Waals surface area contributed by atoms with Crippen molar-refractivity contribution in [2.45, 2.75) is 32.2 Å². The molecule has 0 aliphatic heterocycles. The molecular weight excluding hydrogens is 259 g/mol. The summed E-state index contributed by atoms with van der Waals surface area (Å²) in [6.45, 7) is 1.97. The van der Waals surface area contributed by atoms with Gasteiger partial charge >= 0.3 is 6.18 Å². The lowest BCUT2D eigenvalue weighted by Crippen LogP contribution is -2.13. The molecule has 0 fully saturated rings. The SMILES string of the molecule is CNCc1ccc(OCCC(C)O)c(C(F)(F)F)c1. The molecule has 1 unspecified atom stereocenters. The highest BCUT2D eigenvalue weighted by molar-refractivity contribution is 5.39. The van der Waals surface area contributed by atoms with Crippen molar-refractivity contribution in [3.05, 3.63) is 29.3 Å². The number of alkyl halides is 3. The zero-order valence-corrected chi connectivity index (χ0v) is 10.9. The molecule has 3 nitrogen and oxygen atoms in total. The van der Waals surface area contributed by atoms with Crippen LogP contribution in [0.2, 0.25) is 0 Å². The first kappa shape index (κ1) is 15.8. The van der Waals surface area contributed by atoms with E-state index in [-0.39, 0.29) is 18.8 Å². The van der Waals surface area contributed by atoms with Crippen molar-refractivity contribution < 1.29 is 23.0 Å². The van der Waals surface area contributed by atoms with E-state index in [1.54, 1.807) is 20.0 Å². The van der Waals surface area contributed by atoms with Gasteiger partial charge in [-0.1, -0.05) is 6.07 Å². The zero-order chi connectivity index (χ0) is 14.5. The van der Waals surface area contributed by atoms with Gasteiger partial charge in [-0.05, 0) is 31.7 Å². The molecule has 0 bridgehead atoms. The van der Waals surface area contributed by atoms with Gasteiger partial charge in [0, 0.05) is 13.0 Å². The average Bonchev–Trinajstić information content (AvgIpc) is 2.29. The van der Waals surface area contributed by atoms with Gasteiger partial charge in [-0.25, -0.2) is 0 Å². The van der Waals surface area contributed by atoms with Crippen LogP contribution in [0, 0.1) is 0 Å². The molecule has 0 aliphatic carbocycles. The number of hydrogen-bond acceptors (Lipinski definition) is 3. The van der Waals surface area contributed by atoms with E-state index in [0.717, 1.165) is 6.07 Å². The predicted molar refractivity (Wildman–Crippen MR) is 66.0 cm³/mol. The van der Waals surface area contributed by atoms with E-state index in [1.807, 2.05) is 0 Å². The van der Waals surface area contributed by atoms with Gasteiger partial charge in [-0.3, -0.25) is 0 Å². The fourth-order valence-corrected chi connectivity index (χ4v) is 1.58. The van der Waals surface area contributed by atoms with Crippen LogP contribution in [0.3, 0.4) is 0 Å². The molecule has 0 heterocycles. The molecule has 0 saturated carbocycles. The second kappa shape index (κ2) is 6.77. The minimum atomic E-state index is -4.45. The zero-order valence-electron chi connectivity index (χ0n) is 10.9. The Morgan fingerprint density at radius 3 is 2.58 bits per heavy atom. The molecule has 0 amide bonds. The summed E-state index contributed by atoms with van der Waals surface area (Å²) in [5.74, 6) is -0.201. The molecule has 0 radical (unpaired) electrons. The number of ether oxygens (including phenoxy) is 1. The van der Waals surface area contributed by atoms with Crippen molar-refractivity contribution >= 4 is 0 Å². The number of halogens is 3. The molecule has 1 aromatic carbocycles. The molecule has 6 heteroatoms. The highest BCUT2D eigenvalue weighted by Crippen LogP contribution is 2.36. The first-order valence-corrected chi connectivity index (χ1v) is 6.00. The summed E-state index contributed by atoms with van der Waals surface area (Å²) in [7, 11) is 1.67. The van der Waals surface area contributed by atoms with Gasteiger partial charge in [0.1, 0.15) is 5.75 Å². The van der Waals surface area contributed by atoms with Crippen LogP contribution in [0.15, 0.2) is 18.2 Å². The van der Waals surface area contributed by atoms with Gasteiger partial charge in [0.25, 0.3) is 0 Å². The van der Waals surface area contributed by atoms with Gasteiger partial charge in [0.2, 0.25) is 0 Å². The molecule has 0 aromatic heterocycles. The number of rotatable bonds is 6. The third-order valence-electron chi connectivity index (χ3n) is 2.52. The summed E-state index contributed by atoms with van der Waals surface area (Å²) in [6.07, 6.45) is -4.77. The van der Waals surface area contributed by atoms with Crippen LogP contribution in [-0.2, 0) is 12.7 Å². The van der Waals surface area contributed by atoms with Gasteiger partial charge < -0.3 is 15.2 Å². The number of aliphatic hydroxyl groups is 1. The van der Waals surface area contributed by atoms with Gasteiger partial charge in [0.15, 0.2) is 0 Å². The molecule has 0 spiro atoms. The smallest absolute Gasteiger partial charge is 0.419 e. The fraction of sp³-hybridized carbons (Fsp3) is 0.538. The minimum Gasteiger partial charge on any atom is -0.493 e. The molecule has 0 saturated heterocycles. The molecule has 2 N–H and O–H groups in total. The predicted octanol–water partition coefficient (Wildman–Crippen LogP) is 2.57. The van der Waals surface area contributed by atoms with E-state index in [4.69, 9.17) is 9.84 Å². The van der Waals surface area contributed by atoms with Crippen molar-refractivity contribution in [1.29, 1.82) is 0 Å². The third-order valence-corrected chi connectivity index (χ3v) is 2.52. The van der Waals surface area contributed by atoms with E-state index >= 15 is 0 Å². The third kappa shape index (κ3) is 5.08. The first-order valence-electron chi connectivity index (χ1n) is 6.00. The second-order valence-electron chi connectivity index (χ2n) is 4.34. The molecule has 19 heavy (non-hydrogen) atoms. The van der Waals surface area contributed by atoms with Crippen molar-refractivity contribution in [2.75, 3.05) is 13.7 Å². The van der Waals surface area contributed by atoms with Crippen LogP contribution >= 0.6 is 0 Å². The van der Waals surface area contributed by atoms with Gasteiger partial charge in [-0.15, -0.1) is 0 Å². The second-order valence-corrected chi connectivity index (χ2v) is 4.34. The highest BCUT2D eigenvalue weighted by atomic mass is 19.4. The van der Waals surface area contributed by atoms with E-state index in [0.29, 0.717) is 12.1 Å². The van der Waals surface area contributed by atoms with Crippen LogP contribution < -0.4 is 10.1 Å². The van der Waals surface area contributed by atoms with Gasteiger partial charge in [0.05, 0.1) is 18.3 Å². The van der Waals surface area contributed by atoms with E-state index in [9.17, 15) is 13.2 Å². The average molecular weight is 277 g/mol. The maximum absolute atomic E-state index is 12.9. The Kier molecular flexibility index (Phi) is 5.62. The molecule has 1 atom stereocenters. The Bertz CT molecular complexity index is 405. The fourth-order valence-electron chi connectivity index (χ4n) is 1.58. The van der Waals surface area contributed by atoms with Crippen LogP contribution in [0.5, 0.6) is 5.75 Å². The largest absolute Gasteiger partial charge is 0.493 e. The summed E-state index contributed by atoms with van der Waals surface area (Å²) >= 11 is 0. The van der Waals surface area contributed by atoms with E-state index in [2.05, 4.69) is 5.32 Å². The Labute approximate surface area is 110 Å². The van der Waals surface area contributed by atoms with E-state index < -0.39 is 17.8 Å². The Balaban J connectivity index is 2.90. The number of aliphatic hydroxyl groups excluding tert-OH is 1. The maximum Gasteiger partial charge on any atom is 0.419 e. The van der Waals surface area contributed by atoms with Crippen LogP contribution in [0.25, 0.3) is 0 Å². The van der Waals surface area contributed by atoms with Crippen LogP contribution in [0.1, 0.15) is 24.5 Å². The number of hydrogen-bond donors (Lipinski definition) is 2. The quantitative estimate of drug-likeness (QED) is 0.839. The number of nitrogens with one attached hydrogen (secondary N) is 1. The standard InChI is InChI=1S/C13H18F3NO2/c1-9(18)5-6-19-12-4-3-10(8-17-2)7-11(12)13(14,15)16/h3-4,7,9,17-18H,5-6,8H2,1-2H3. The lowest BCUT2D eigenvalue weighted by atomic mass is 10.1. The van der Waals surface area contributed by atoms with Crippen molar-refractivity contribution in [1.82, 2.24) is 5.32 Å². The topological polar surface area (TPSA) is 41.5 Å². The van der Waals surface area contributed by atoms with Crippen LogP contribution in [0.4, 0.5) is 13.2 Å². The number of benzene rings is 1. The Morgan fingerprint density at radius 2 is 2.05 bits per heavy atom. The summed E-state index contributed by atoms with van der Waals surface area (Å²) in [5.41, 5.74) is -0.247. The normalized spacial score (nSPS) is 13.4. The Morgan fingerprint density at radius 1 is 1.37 bits per heavy atom. The molecule has 1 aromatic rings. The van der Waals surface area contributed by atoms with Gasteiger partial charge in [-0.2, -0.15) is 13.2 Å². The lowest BCUT2D eigenvalue weighted by Gasteiger charge is -2.15. The lowest BCUT2D eigenvalue weighted by molar-refractivity contribution is -0.139. The highest BCUT2D eigenvalue weighted by Gasteiger charge is 2.34. The van der Waals surface area contributed by atoms with Crippen molar-refractivity contribution in [2.24, 2.45) is 0 Å². The monoisotopic (exact) mass is 277 g/mol. The summed E-state index contributed by atoms with van der Waals surface area (Å²) in [6, 6.07) is 3.98. The van der Waals surface area contributed by atoms with Crippen molar-refractivity contribution in [3.63, 3.8) is 0 Å². The molecule has 108 valence electrons. The van der Waals surface area contributed by atoms with Crippen molar-refractivity contribution in [3.8, 4) is 5.75 Å². The maximum atomic E-state index is 12.9. The summed E-state index contributed by atoms with van der Waals surface area (Å²) in [4.78, 5) is 0. The molecular formula is C13H18F3NO2. The summed E-state index contributed by atoms with van der Waals surface area (Å²) in [5, 5.41) is 11.9. The van der Waals surface area contributed by atoms with Crippen LogP contribution in [-0.4, -0.2) is 24.9 Å². The Hall–Kier alpha value is -1.27. The van der Waals surface area contributed by atoms with E-state index in [1.165, 1.54) is 6.07 Å².